The molecule has 0 unspecified atom stereocenters. The van der Waals surface area contributed by atoms with Crippen molar-refractivity contribution in [3.8, 4) is 0 Å². The van der Waals surface area contributed by atoms with Crippen molar-refractivity contribution in [2.24, 2.45) is 17.6 Å². The molecule has 1 aromatic rings. The topological polar surface area (TPSA) is 80.9 Å². The molecule has 3 N–H and O–H groups in total. The van der Waals surface area contributed by atoms with E-state index in [2.05, 4.69) is 29.4 Å². The number of carbonyl (C=O) groups excluding carboxylic acids is 1. The monoisotopic (exact) mass is 270 g/mol. The molecule has 0 saturated carbocycles. The van der Waals surface area contributed by atoms with Crippen LogP contribution < -0.4 is 11.1 Å². The fourth-order valence-electron chi connectivity index (χ4n) is 1.55. The number of aromatic nitrogens is 2. The lowest BCUT2D eigenvalue weighted by Gasteiger charge is -2.12. The first-order chi connectivity index (χ1) is 8.38. The fraction of sp³-hybridized carbons (Fsp3) is 0.750. The van der Waals surface area contributed by atoms with Gasteiger partial charge >= 0.3 is 0 Å². The summed E-state index contributed by atoms with van der Waals surface area (Å²) in [7, 11) is 0. The van der Waals surface area contributed by atoms with Crippen molar-refractivity contribution in [2.75, 3.05) is 5.32 Å². The number of rotatable bonds is 6. The Labute approximate surface area is 112 Å². The average Bonchev–Trinajstić information content (AvgIpc) is 2.63. The van der Waals surface area contributed by atoms with Crippen molar-refractivity contribution < 1.29 is 4.79 Å². The van der Waals surface area contributed by atoms with Gasteiger partial charge in [0.05, 0.1) is 6.04 Å². The van der Waals surface area contributed by atoms with Gasteiger partial charge in [-0.25, -0.2) is 0 Å². The maximum Gasteiger partial charge on any atom is 0.243 e. The third kappa shape index (κ3) is 5.10. The average molecular weight is 270 g/mol. The molecular formula is C12H22N4OS. The standard InChI is InChI=1S/C12H22N4OS/c1-7(2)5-9(13)11(17)14-12-16-15-10(18-12)6-8(3)4/h7-9H,5-6,13H2,1-4H3,(H,14,16,17)/t9-/m0/s1. The van der Waals surface area contributed by atoms with Crippen LogP contribution in [0.4, 0.5) is 5.13 Å². The van der Waals surface area contributed by atoms with Crippen LogP contribution in [-0.4, -0.2) is 22.1 Å². The summed E-state index contributed by atoms with van der Waals surface area (Å²) in [5, 5.41) is 12.2. The number of anilines is 1. The molecule has 6 heteroatoms. The van der Waals surface area contributed by atoms with E-state index in [-0.39, 0.29) is 5.91 Å². The first-order valence-electron chi connectivity index (χ1n) is 6.27. The zero-order chi connectivity index (χ0) is 13.7. The molecule has 18 heavy (non-hydrogen) atoms. The summed E-state index contributed by atoms with van der Waals surface area (Å²) in [5.41, 5.74) is 5.80. The van der Waals surface area contributed by atoms with Crippen LogP contribution in [0.3, 0.4) is 0 Å². The molecule has 1 amide bonds. The SMILES string of the molecule is CC(C)Cc1nnc(NC(=O)[C@@H](N)CC(C)C)s1. The van der Waals surface area contributed by atoms with Gasteiger partial charge in [0.15, 0.2) is 0 Å². The van der Waals surface area contributed by atoms with Crippen LogP contribution in [0, 0.1) is 11.8 Å². The minimum absolute atomic E-state index is 0.184. The molecule has 0 fully saturated rings. The van der Waals surface area contributed by atoms with E-state index in [0.717, 1.165) is 11.4 Å². The quantitative estimate of drug-likeness (QED) is 0.829. The summed E-state index contributed by atoms with van der Waals surface area (Å²) >= 11 is 1.42. The number of nitrogens with one attached hydrogen (secondary N) is 1. The Hall–Kier alpha value is -1.01. The van der Waals surface area contributed by atoms with Gasteiger partial charge in [-0.2, -0.15) is 0 Å². The molecule has 1 aromatic heterocycles. The summed E-state index contributed by atoms with van der Waals surface area (Å²) < 4.78 is 0. The number of carbonyl (C=O) groups is 1. The second-order valence-electron chi connectivity index (χ2n) is 5.32. The second kappa shape index (κ2) is 6.80. The molecule has 1 atom stereocenters. The molecule has 102 valence electrons. The zero-order valence-corrected chi connectivity index (χ0v) is 12.3. The Bertz CT molecular complexity index is 389. The van der Waals surface area contributed by atoms with Gasteiger partial charge in [-0.15, -0.1) is 10.2 Å². The van der Waals surface area contributed by atoms with E-state index in [9.17, 15) is 4.79 Å². The van der Waals surface area contributed by atoms with Crippen LogP contribution in [0.5, 0.6) is 0 Å². The molecule has 5 nitrogen and oxygen atoms in total. The van der Waals surface area contributed by atoms with Gasteiger partial charge in [0.25, 0.3) is 0 Å². The highest BCUT2D eigenvalue weighted by Crippen LogP contribution is 2.18. The van der Waals surface area contributed by atoms with Crippen LogP contribution in [0.1, 0.15) is 39.1 Å². The van der Waals surface area contributed by atoms with Crippen molar-refractivity contribution >= 4 is 22.4 Å². The van der Waals surface area contributed by atoms with E-state index < -0.39 is 6.04 Å². The molecule has 1 heterocycles. The largest absolute Gasteiger partial charge is 0.320 e. The third-order valence-electron chi connectivity index (χ3n) is 2.34. The van der Waals surface area contributed by atoms with Crippen molar-refractivity contribution in [1.82, 2.24) is 10.2 Å². The van der Waals surface area contributed by atoms with E-state index >= 15 is 0 Å². The predicted molar refractivity (Wildman–Crippen MR) is 74.5 cm³/mol. The minimum Gasteiger partial charge on any atom is -0.320 e. The van der Waals surface area contributed by atoms with Gasteiger partial charge in [-0.05, 0) is 18.3 Å². The van der Waals surface area contributed by atoms with E-state index in [1.54, 1.807) is 0 Å². The number of hydrogen-bond donors (Lipinski definition) is 2. The highest BCUT2D eigenvalue weighted by molar-refractivity contribution is 7.15. The molecule has 0 radical (unpaired) electrons. The molecule has 0 aliphatic rings. The Morgan fingerprint density at radius 1 is 1.28 bits per heavy atom. The van der Waals surface area contributed by atoms with Crippen LogP contribution in [0.15, 0.2) is 0 Å². The number of hydrogen-bond acceptors (Lipinski definition) is 5. The van der Waals surface area contributed by atoms with E-state index in [1.165, 1.54) is 11.3 Å². The summed E-state index contributed by atoms with van der Waals surface area (Å²) in [4.78, 5) is 11.8. The molecule has 0 aliphatic carbocycles. The third-order valence-corrected chi connectivity index (χ3v) is 3.20. The first kappa shape index (κ1) is 15.0. The fourth-order valence-corrected chi connectivity index (χ4v) is 2.50. The predicted octanol–water partition coefficient (Wildman–Crippen LogP) is 2.05. The molecule has 1 rings (SSSR count). The van der Waals surface area contributed by atoms with Gasteiger partial charge in [-0.3, -0.25) is 10.1 Å². The van der Waals surface area contributed by atoms with Gasteiger partial charge in [0.1, 0.15) is 5.01 Å². The molecule has 0 aliphatic heterocycles. The van der Waals surface area contributed by atoms with Crippen LogP contribution in [-0.2, 0) is 11.2 Å². The van der Waals surface area contributed by atoms with Crippen molar-refractivity contribution in [3.05, 3.63) is 5.01 Å². The van der Waals surface area contributed by atoms with E-state index in [4.69, 9.17) is 5.73 Å². The van der Waals surface area contributed by atoms with Crippen LogP contribution in [0.25, 0.3) is 0 Å². The summed E-state index contributed by atoms with van der Waals surface area (Å²) in [6.07, 6.45) is 1.55. The van der Waals surface area contributed by atoms with Crippen molar-refractivity contribution in [1.29, 1.82) is 0 Å². The van der Waals surface area contributed by atoms with Crippen LogP contribution in [0.2, 0.25) is 0 Å². The van der Waals surface area contributed by atoms with Crippen molar-refractivity contribution in [3.63, 3.8) is 0 Å². The Morgan fingerprint density at radius 3 is 2.50 bits per heavy atom. The maximum absolute atomic E-state index is 11.8. The van der Waals surface area contributed by atoms with Gasteiger partial charge in [0, 0.05) is 6.42 Å². The summed E-state index contributed by atoms with van der Waals surface area (Å²) in [6.45, 7) is 8.33. The highest BCUT2D eigenvalue weighted by Gasteiger charge is 2.17. The van der Waals surface area contributed by atoms with E-state index in [0.29, 0.717) is 23.4 Å². The minimum atomic E-state index is -0.484. The molecule has 0 spiro atoms. The maximum atomic E-state index is 11.8. The first-order valence-corrected chi connectivity index (χ1v) is 7.09. The molecule has 0 saturated heterocycles. The molecule has 0 bridgehead atoms. The lowest BCUT2D eigenvalue weighted by Crippen LogP contribution is -2.36. The molecule has 0 aromatic carbocycles. The van der Waals surface area contributed by atoms with Crippen LogP contribution >= 0.6 is 11.3 Å². The van der Waals surface area contributed by atoms with Gasteiger partial charge in [0.2, 0.25) is 11.0 Å². The lowest BCUT2D eigenvalue weighted by atomic mass is 10.0. The van der Waals surface area contributed by atoms with Crippen molar-refractivity contribution in [2.45, 2.75) is 46.6 Å². The summed E-state index contributed by atoms with van der Waals surface area (Å²) in [6, 6.07) is -0.484. The molecular weight excluding hydrogens is 248 g/mol. The Balaban J connectivity index is 2.51. The number of amides is 1. The number of nitrogens with two attached hydrogens (primary N) is 1. The van der Waals surface area contributed by atoms with Gasteiger partial charge < -0.3 is 5.73 Å². The van der Waals surface area contributed by atoms with Gasteiger partial charge in [-0.1, -0.05) is 39.0 Å². The smallest absolute Gasteiger partial charge is 0.243 e. The summed E-state index contributed by atoms with van der Waals surface area (Å²) in [5.74, 6) is 0.748. The highest BCUT2D eigenvalue weighted by atomic mass is 32.1. The number of nitrogens with zero attached hydrogens (tertiary/aromatic N) is 2. The zero-order valence-electron chi connectivity index (χ0n) is 11.4. The Morgan fingerprint density at radius 2 is 1.94 bits per heavy atom. The second-order valence-corrected chi connectivity index (χ2v) is 6.39. The lowest BCUT2D eigenvalue weighted by molar-refractivity contribution is -0.117. The van der Waals surface area contributed by atoms with E-state index in [1.807, 2.05) is 13.8 Å². The Kier molecular flexibility index (Phi) is 5.68. The normalized spacial score (nSPS) is 13.1.